The molecule has 4 rings (SSSR count). The average molecular weight is 373 g/mol. The molecular formula is C25H37Cl. The van der Waals surface area contributed by atoms with Gasteiger partial charge in [0.2, 0.25) is 0 Å². The molecule has 0 unspecified atom stereocenters. The van der Waals surface area contributed by atoms with E-state index in [4.69, 9.17) is 11.6 Å². The summed E-state index contributed by atoms with van der Waals surface area (Å²) in [6, 6.07) is 5.27. The molecule has 1 heteroatoms. The third-order valence-electron chi connectivity index (χ3n) is 7.64. The standard InChI is InChI=1S/C25H37Cl/c26-18-25-23(20-12-6-2-7-13-20)16-22(19-10-4-1-5-11-19)17-24(25)21-14-8-3-9-15-21/h16-17,19-21H,1-15,18H2. The Labute approximate surface area is 166 Å². The Morgan fingerprint density at radius 2 is 0.962 bits per heavy atom. The largest absolute Gasteiger partial charge is 0.122 e. The van der Waals surface area contributed by atoms with Gasteiger partial charge in [-0.15, -0.1) is 11.6 Å². The molecule has 0 bridgehead atoms. The van der Waals surface area contributed by atoms with Gasteiger partial charge in [-0.2, -0.15) is 0 Å². The number of alkyl halides is 1. The molecule has 1 aromatic carbocycles. The molecule has 144 valence electrons. The lowest BCUT2D eigenvalue weighted by atomic mass is 9.74. The quantitative estimate of drug-likeness (QED) is 0.464. The highest BCUT2D eigenvalue weighted by Crippen LogP contribution is 2.44. The molecule has 0 spiro atoms. The number of hydrogen-bond acceptors (Lipinski definition) is 0. The summed E-state index contributed by atoms with van der Waals surface area (Å²) in [5.74, 6) is 3.10. The van der Waals surface area contributed by atoms with Gasteiger partial charge in [-0.05, 0) is 78.5 Å². The van der Waals surface area contributed by atoms with Gasteiger partial charge >= 0.3 is 0 Å². The maximum Gasteiger partial charge on any atom is 0.0479 e. The molecule has 3 aliphatic carbocycles. The topological polar surface area (TPSA) is 0 Å². The predicted molar refractivity (Wildman–Crippen MR) is 113 cm³/mol. The number of halogens is 1. The van der Waals surface area contributed by atoms with E-state index in [0.717, 1.165) is 23.6 Å². The summed E-state index contributed by atoms with van der Waals surface area (Å²) in [5.41, 5.74) is 6.57. The lowest BCUT2D eigenvalue weighted by Crippen LogP contribution is -2.15. The first-order valence-electron chi connectivity index (χ1n) is 11.6. The van der Waals surface area contributed by atoms with E-state index in [1.165, 1.54) is 96.3 Å². The maximum atomic E-state index is 6.61. The van der Waals surface area contributed by atoms with E-state index in [1.807, 2.05) is 0 Å². The van der Waals surface area contributed by atoms with Crippen molar-refractivity contribution in [3.8, 4) is 0 Å². The SMILES string of the molecule is ClCc1c(C2CCCCC2)cc(C2CCCCC2)cc1C1CCCCC1. The molecule has 0 radical (unpaired) electrons. The van der Waals surface area contributed by atoms with Crippen LogP contribution in [0, 0.1) is 0 Å². The second-order valence-corrected chi connectivity index (χ2v) is 9.58. The van der Waals surface area contributed by atoms with Crippen LogP contribution in [0.1, 0.15) is 136 Å². The lowest BCUT2D eigenvalue weighted by Gasteiger charge is -2.32. The Hall–Kier alpha value is -0.490. The minimum Gasteiger partial charge on any atom is -0.122 e. The molecule has 0 amide bonds. The van der Waals surface area contributed by atoms with Crippen molar-refractivity contribution in [3.05, 3.63) is 34.4 Å². The highest BCUT2D eigenvalue weighted by atomic mass is 35.5. The molecule has 26 heavy (non-hydrogen) atoms. The van der Waals surface area contributed by atoms with Gasteiger partial charge in [0.25, 0.3) is 0 Å². The minimum absolute atomic E-state index is 0.725. The zero-order valence-corrected chi connectivity index (χ0v) is 17.3. The van der Waals surface area contributed by atoms with E-state index >= 15 is 0 Å². The highest BCUT2D eigenvalue weighted by Gasteiger charge is 2.27. The smallest absolute Gasteiger partial charge is 0.0479 e. The molecule has 0 aromatic heterocycles. The van der Waals surface area contributed by atoms with Crippen molar-refractivity contribution in [1.29, 1.82) is 0 Å². The molecule has 0 saturated heterocycles. The maximum absolute atomic E-state index is 6.61. The molecule has 3 fully saturated rings. The van der Waals surface area contributed by atoms with Crippen molar-refractivity contribution in [2.75, 3.05) is 0 Å². The summed E-state index contributed by atoms with van der Waals surface area (Å²) in [4.78, 5) is 0. The van der Waals surface area contributed by atoms with Crippen LogP contribution in [0.3, 0.4) is 0 Å². The third kappa shape index (κ3) is 4.16. The van der Waals surface area contributed by atoms with Gasteiger partial charge < -0.3 is 0 Å². The lowest BCUT2D eigenvalue weighted by molar-refractivity contribution is 0.425. The van der Waals surface area contributed by atoms with Crippen LogP contribution in [0.25, 0.3) is 0 Å². The first-order valence-corrected chi connectivity index (χ1v) is 12.1. The molecule has 1 aromatic rings. The van der Waals surface area contributed by atoms with Gasteiger partial charge in [-0.1, -0.05) is 69.9 Å². The van der Waals surface area contributed by atoms with Crippen LogP contribution < -0.4 is 0 Å². The van der Waals surface area contributed by atoms with Crippen LogP contribution in [0.2, 0.25) is 0 Å². The van der Waals surface area contributed by atoms with Gasteiger partial charge in [0.1, 0.15) is 0 Å². The van der Waals surface area contributed by atoms with Gasteiger partial charge in [0.15, 0.2) is 0 Å². The Morgan fingerprint density at radius 1 is 0.577 bits per heavy atom. The second-order valence-electron chi connectivity index (χ2n) is 9.32. The van der Waals surface area contributed by atoms with Crippen LogP contribution in [0.4, 0.5) is 0 Å². The summed E-state index contributed by atoms with van der Waals surface area (Å²) in [6.07, 6.45) is 21.2. The summed E-state index contributed by atoms with van der Waals surface area (Å²) in [7, 11) is 0. The van der Waals surface area contributed by atoms with Gasteiger partial charge in [-0.3, -0.25) is 0 Å². The van der Waals surface area contributed by atoms with Crippen molar-refractivity contribution >= 4 is 11.6 Å². The fraction of sp³-hybridized carbons (Fsp3) is 0.760. The van der Waals surface area contributed by atoms with Crippen LogP contribution in [0.15, 0.2) is 12.1 Å². The Morgan fingerprint density at radius 3 is 1.35 bits per heavy atom. The first-order chi connectivity index (χ1) is 12.9. The fourth-order valence-electron chi connectivity index (χ4n) is 6.12. The molecular weight excluding hydrogens is 336 g/mol. The third-order valence-corrected chi connectivity index (χ3v) is 7.91. The first kappa shape index (κ1) is 18.9. The summed E-state index contributed by atoms with van der Waals surface area (Å²) >= 11 is 6.61. The van der Waals surface area contributed by atoms with Crippen LogP contribution in [-0.2, 0) is 5.88 Å². The minimum atomic E-state index is 0.725. The Kier molecular flexibility index (Phi) is 6.62. The monoisotopic (exact) mass is 372 g/mol. The van der Waals surface area contributed by atoms with E-state index in [-0.39, 0.29) is 0 Å². The van der Waals surface area contributed by atoms with Crippen molar-refractivity contribution in [1.82, 2.24) is 0 Å². The molecule has 0 N–H and O–H groups in total. The van der Waals surface area contributed by atoms with E-state index in [0.29, 0.717) is 0 Å². The van der Waals surface area contributed by atoms with Crippen LogP contribution >= 0.6 is 11.6 Å². The molecule has 0 nitrogen and oxygen atoms in total. The fourth-order valence-corrected chi connectivity index (χ4v) is 6.43. The molecule has 3 aliphatic rings. The zero-order valence-electron chi connectivity index (χ0n) is 16.6. The van der Waals surface area contributed by atoms with Crippen molar-refractivity contribution < 1.29 is 0 Å². The van der Waals surface area contributed by atoms with E-state index < -0.39 is 0 Å². The van der Waals surface area contributed by atoms with Gasteiger partial charge in [0, 0.05) is 5.88 Å². The summed E-state index contributed by atoms with van der Waals surface area (Å²) in [5, 5.41) is 0. The highest BCUT2D eigenvalue weighted by molar-refractivity contribution is 6.17. The molecule has 3 saturated carbocycles. The molecule has 0 aliphatic heterocycles. The zero-order chi connectivity index (χ0) is 17.8. The normalized spacial score (nSPS) is 24.0. The summed E-state index contributed by atoms with van der Waals surface area (Å²) < 4.78 is 0. The number of hydrogen-bond donors (Lipinski definition) is 0. The van der Waals surface area contributed by atoms with Gasteiger partial charge in [0.05, 0.1) is 0 Å². The van der Waals surface area contributed by atoms with E-state index in [2.05, 4.69) is 12.1 Å². The molecule has 0 atom stereocenters. The summed E-state index contributed by atoms with van der Waals surface area (Å²) in [6.45, 7) is 0. The Balaban J connectivity index is 1.73. The van der Waals surface area contributed by atoms with E-state index in [9.17, 15) is 0 Å². The van der Waals surface area contributed by atoms with Gasteiger partial charge in [-0.25, -0.2) is 0 Å². The number of rotatable bonds is 4. The van der Waals surface area contributed by atoms with Crippen LogP contribution in [-0.4, -0.2) is 0 Å². The Bertz CT molecular complexity index is 533. The van der Waals surface area contributed by atoms with Crippen molar-refractivity contribution in [2.45, 2.75) is 120 Å². The molecule has 0 heterocycles. The average Bonchev–Trinajstić information content (AvgIpc) is 2.74. The van der Waals surface area contributed by atoms with Crippen molar-refractivity contribution in [3.63, 3.8) is 0 Å². The predicted octanol–water partition coefficient (Wildman–Crippen LogP) is 8.57. The van der Waals surface area contributed by atoms with Crippen molar-refractivity contribution in [2.24, 2.45) is 0 Å². The second kappa shape index (κ2) is 9.13. The van der Waals surface area contributed by atoms with E-state index in [1.54, 1.807) is 22.3 Å². The van der Waals surface area contributed by atoms with Crippen LogP contribution in [0.5, 0.6) is 0 Å². The number of benzene rings is 1.